The Labute approximate surface area is 116 Å². The molecule has 4 nitrogen and oxygen atoms in total. The number of ether oxygens (including phenoxy) is 1. The van der Waals surface area contributed by atoms with Gasteiger partial charge in [-0.1, -0.05) is 13.3 Å². The number of rotatable bonds is 6. The number of hydrogen-bond acceptors (Lipinski definition) is 3. The molecule has 0 aromatic rings. The van der Waals surface area contributed by atoms with Crippen LogP contribution in [0.1, 0.15) is 45.4 Å². The van der Waals surface area contributed by atoms with Crippen molar-refractivity contribution in [2.75, 3.05) is 32.8 Å². The first-order chi connectivity index (χ1) is 9.29. The Bertz CT molecular complexity index is 277. The second-order valence-corrected chi connectivity index (χ2v) is 5.85. The van der Waals surface area contributed by atoms with E-state index in [1.54, 1.807) is 0 Å². The highest BCUT2D eigenvalue weighted by atomic mass is 16.5. The van der Waals surface area contributed by atoms with Crippen LogP contribution >= 0.6 is 0 Å². The van der Waals surface area contributed by atoms with E-state index in [0.717, 1.165) is 44.9 Å². The predicted octanol–water partition coefficient (Wildman–Crippen LogP) is 1.79. The zero-order chi connectivity index (χ0) is 13.5. The molecular weight excluding hydrogens is 240 g/mol. The second kappa shape index (κ2) is 7.85. The van der Waals surface area contributed by atoms with E-state index in [1.807, 2.05) is 4.90 Å². The number of carbonyl (C=O) groups excluding carboxylic acids is 1. The van der Waals surface area contributed by atoms with Crippen LogP contribution in [0.15, 0.2) is 0 Å². The van der Waals surface area contributed by atoms with Crippen molar-refractivity contribution in [3.05, 3.63) is 0 Å². The molecule has 19 heavy (non-hydrogen) atoms. The summed E-state index contributed by atoms with van der Waals surface area (Å²) in [6.45, 7) is 6.83. The van der Waals surface area contributed by atoms with Crippen LogP contribution in [0.4, 0.5) is 0 Å². The minimum atomic E-state index is 0.285. The highest BCUT2D eigenvalue weighted by molar-refractivity contribution is 5.76. The molecule has 0 bridgehead atoms. The Hall–Kier alpha value is -0.610. The number of nitrogens with zero attached hydrogens (tertiary/aromatic N) is 1. The maximum Gasteiger partial charge on any atom is 0.224 e. The van der Waals surface area contributed by atoms with Crippen molar-refractivity contribution < 1.29 is 9.53 Å². The van der Waals surface area contributed by atoms with E-state index < -0.39 is 0 Å². The maximum absolute atomic E-state index is 12.1. The Morgan fingerprint density at radius 3 is 2.84 bits per heavy atom. The molecule has 0 aromatic carbocycles. The van der Waals surface area contributed by atoms with Crippen molar-refractivity contribution in [2.24, 2.45) is 5.92 Å². The van der Waals surface area contributed by atoms with Gasteiger partial charge in [0.25, 0.3) is 0 Å². The van der Waals surface area contributed by atoms with Crippen LogP contribution in [-0.4, -0.2) is 49.7 Å². The van der Waals surface area contributed by atoms with Gasteiger partial charge in [-0.2, -0.15) is 0 Å². The normalized spacial score (nSPS) is 24.9. The van der Waals surface area contributed by atoms with E-state index in [2.05, 4.69) is 12.2 Å². The summed E-state index contributed by atoms with van der Waals surface area (Å²) in [5, 5.41) is 3.32. The number of carbonyl (C=O) groups is 1. The summed E-state index contributed by atoms with van der Waals surface area (Å²) >= 11 is 0. The summed E-state index contributed by atoms with van der Waals surface area (Å²) in [6, 6.07) is 0. The summed E-state index contributed by atoms with van der Waals surface area (Å²) in [5.41, 5.74) is 0. The van der Waals surface area contributed by atoms with Crippen molar-refractivity contribution in [1.29, 1.82) is 0 Å². The Kier molecular flexibility index (Phi) is 6.11. The Morgan fingerprint density at radius 2 is 2.11 bits per heavy atom. The highest BCUT2D eigenvalue weighted by Crippen LogP contribution is 2.21. The van der Waals surface area contributed by atoms with Gasteiger partial charge in [0.05, 0.1) is 19.1 Å². The Morgan fingerprint density at radius 1 is 1.32 bits per heavy atom. The Balaban J connectivity index is 1.59. The second-order valence-electron chi connectivity index (χ2n) is 5.85. The largest absolute Gasteiger partial charge is 0.378 e. The van der Waals surface area contributed by atoms with Crippen LogP contribution in [0.2, 0.25) is 0 Å². The summed E-state index contributed by atoms with van der Waals surface area (Å²) < 4.78 is 5.80. The van der Waals surface area contributed by atoms with Crippen molar-refractivity contribution in [3.8, 4) is 0 Å². The molecule has 1 N–H and O–H groups in total. The minimum Gasteiger partial charge on any atom is -0.378 e. The van der Waals surface area contributed by atoms with Crippen LogP contribution in [0.5, 0.6) is 0 Å². The number of amides is 1. The van der Waals surface area contributed by atoms with Crippen molar-refractivity contribution in [3.63, 3.8) is 0 Å². The van der Waals surface area contributed by atoms with Gasteiger partial charge in [-0.3, -0.25) is 4.79 Å². The van der Waals surface area contributed by atoms with E-state index in [1.165, 1.54) is 19.3 Å². The monoisotopic (exact) mass is 268 g/mol. The number of piperidine rings is 1. The zero-order valence-electron chi connectivity index (χ0n) is 12.2. The van der Waals surface area contributed by atoms with Gasteiger partial charge in [0, 0.05) is 13.1 Å². The molecule has 2 saturated heterocycles. The van der Waals surface area contributed by atoms with Crippen molar-refractivity contribution in [2.45, 2.75) is 51.6 Å². The summed E-state index contributed by atoms with van der Waals surface area (Å²) in [4.78, 5) is 14.1. The summed E-state index contributed by atoms with van der Waals surface area (Å²) in [6.07, 6.45) is 6.76. The lowest BCUT2D eigenvalue weighted by atomic mass is 10.0. The van der Waals surface area contributed by atoms with Gasteiger partial charge < -0.3 is 15.0 Å². The average Bonchev–Trinajstić information content (AvgIpc) is 2.89. The number of likely N-dealkylation sites (tertiary alicyclic amines) is 1. The molecule has 2 aliphatic heterocycles. The first-order valence-corrected chi connectivity index (χ1v) is 7.89. The third-order valence-corrected chi connectivity index (χ3v) is 4.29. The zero-order valence-corrected chi connectivity index (χ0v) is 12.2. The van der Waals surface area contributed by atoms with E-state index >= 15 is 0 Å². The van der Waals surface area contributed by atoms with Crippen molar-refractivity contribution >= 4 is 5.91 Å². The molecule has 1 unspecified atom stereocenters. The molecule has 0 aromatic heterocycles. The summed E-state index contributed by atoms with van der Waals surface area (Å²) in [5.74, 6) is 1.02. The lowest BCUT2D eigenvalue weighted by Gasteiger charge is -2.23. The van der Waals surface area contributed by atoms with Gasteiger partial charge in [0.1, 0.15) is 0 Å². The first kappa shape index (κ1) is 14.8. The number of nitrogens with one attached hydrogen (secondary N) is 1. The fourth-order valence-electron chi connectivity index (χ4n) is 3.14. The molecule has 2 aliphatic rings. The first-order valence-electron chi connectivity index (χ1n) is 7.89. The quantitative estimate of drug-likeness (QED) is 0.798. The van der Waals surface area contributed by atoms with E-state index in [4.69, 9.17) is 4.74 Å². The SMILES string of the molecule is CCCC1CCN(C(=O)CCOC2CCNCC2)C1. The topological polar surface area (TPSA) is 41.6 Å². The molecule has 1 atom stereocenters. The lowest BCUT2D eigenvalue weighted by Crippen LogP contribution is -2.34. The molecule has 0 aliphatic carbocycles. The maximum atomic E-state index is 12.1. The van der Waals surface area contributed by atoms with Gasteiger partial charge in [-0.05, 0) is 44.7 Å². The van der Waals surface area contributed by atoms with Crippen LogP contribution < -0.4 is 5.32 Å². The fourth-order valence-corrected chi connectivity index (χ4v) is 3.14. The predicted molar refractivity (Wildman–Crippen MR) is 76.1 cm³/mol. The third-order valence-electron chi connectivity index (χ3n) is 4.29. The molecule has 2 rings (SSSR count). The standard InChI is InChI=1S/C15H28N2O2/c1-2-3-13-6-10-17(12-13)15(18)7-11-19-14-4-8-16-9-5-14/h13-14,16H,2-12H2,1H3. The van der Waals surface area contributed by atoms with E-state index in [0.29, 0.717) is 19.1 Å². The molecule has 0 spiro atoms. The van der Waals surface area contributed by atoms with Gasteiger partial charge in [-0.15, -0.1) is 0 Å². The summed E-state index contributed by atoms with van der Waals surface area (Å²) in [7, 11) is 0. The van der Waals surface area contributed by atoms with Gasteiger partial charge >= 0.3 is 0 Å². The molecule has 2 heterocycles. The lowest BCUT2D eigenvalue weighted by molar-refractivity contribution is -0.132. The van der Waals surface area contributed by atoms with Gasteiger partial charge in [-0.25, -0.2) is 0 Å². The molecule has 0 radical (unpaired) electrons. The average molecular weight is 268 g/mol. The van der Waals surface area contributed by atoms with Gasteiger partial charge in [0.15, 0.2) is 0 Å². The molecule has 4 heteroatoms. The molecule has 2 fully saturated rings. The number of hydrogen-bond donors (Lipinski definition) is 1. The highest BCUT2D eigenvalue weighted by Gasteiger charge is 2.25. The van der Waals surface area contributed by atoms with Crippen LogP contribution in [-0.2, 0) is 9.53 Å². The molecule has 110 valence electrons. The van der Waals surface area contributed by atoms with Crippen LogP contribution in [0.3, 0.4) is 0 Å². The van der Waals surface area contributed by atoms with E-state index in [9.17, 15) is 4.79 Å². The molecule has 1 amide bonds. The molecular formula is C15H28N2O2. The third kappa shape index (κ3) is 4.77. The smallest absolute Gasteiger partial charge is 0.224 e. The van der Waals surface area contributed by atoms with E-state index in [-0.39, 0.29) is 5.91 Å². The van der Waals surface area contributed by atoms with Crippen LogP contribution in [0.25, 0.3) is 0 Å². The van der Waals surface area contributed by atoms with Crippen molar-refractivity contribution in [1.82, 2.24) is 10.2 Å². The van der Waals surface area contributed by atoms with Gasteiger partial charge in [0.2, 0.25) is 5.91 Å². The molecule has 0 saturated carbocycles. The van der Waals surface area contributed by atoms with Crippen LogP contribution in [0, 0.1) is 5.92 Å². The minimum absolute atomic E-state index is 0.285. The fraction of sp³-hybridized carbons (Fsp3) is 0.933.